The van der Waals surface area contributed by atoms with Gasteiger partial charge in [-0.05, 0) is 143 Å². The van der Waals surface area contributed by atoms with Crippen LogP contribution in [-0.4, -0.2) is 171 Å². The van der Waals surface area contributed by atoms with Crippen molar-refractivity contribution in [3.63, 3.8) is 0 Å². The van der Waals surface area contributed by atoms with E-state index >= 15 is 0 Å². The first kappa shape index (κ1) is 71.0. The fourth-order valence-corrected chi connectivity index (χ4v) is 17.3. The minimum Gasteiger partial charge on any atom is -0.450 e. The second-order valence-corrected chi connectivity index (χ2v) is 27.7. The summed E-state index contributed by atoms with van der Waals surface area (Å²) in [7, 11) is -12.0. The monoisotopic (exact) mass is 1190 g/mol. The molecule has 452 valence electrons. The lowest BCUT2D eigenvalue weighted by Crippen LogP contribution is -2.46. The highest BCUT2D eigenvalue weighted by Crippen LogP contribution is 2.25. The average Bonchev–Trinajstić information content (AvgIpc) is 3.42. The number of carbonyl (C=O) groups is 3. The second kappa shape index (κ2) is 41.8. The normalized spacial score (nSPS) is 12.2. The summed E-state index contributed by atoms with van der Waals surface area (Å²) in [5, 5.41) is 17.0. The van der Waals surface area contributed by atoms with Crippen LogP contribution in [0.1, 0.15) is 107 Å². The lowest BCUT2D eigenvalue weighted by atomic mass is 10.2. The summed E-state index contributed by atoms with van der Waals surface area (Å²) in [4.78, 5) is 39.8. The highest BCUT2D eigenvalue weighted by Gasteiger charge is 2.41. The molecule has 0 fully saturated rings. The number of azo groups is 1. The SMILES string of the molecule is CCO[Si](CCCNC(=O)OCCCCCCS(=O)(=O)c1ccc(N=Nc2ccc(N(CCOC(=O)NCCC[Si](OCC)(OCC)OCC)CCOC(=O)NCCC[Si](OCC)(OCC)OCC)cc2)cc1)(OCC)OCC. The molecule has 0 bridgehead atoms. The lowest BCUT2D eigenvalue weighted by Gasteiger charge is -2.28. The Balaban J connectivity index is 1.94. The number of rotatable bonds is 47. The minimum atomic E-state index is -3.53. The molecule has 3 amide bonds. The van der Waals surface area contributed by atoms with E-state index in [9.17, 15) is 22.8 Å². The van der Waals surface area contributed by atoms with Gasteiger partial charge in [-0.1, -0.05) is 12.8 Å². The van der Waals surface area contributed by atoms with E-state index < -0.39 is 54.5 Å². The van der Waals surface area contributed by atoms with E-state index in [1.165, 1.54) is 12.1 Å². The summed E-state index contributed by atoms with van der Waals surface area (Å²) in [5.74, 6) is -0.0170. The van der Waals surface area contributed by atoms with Crippen LogP contribution in [0.4, 0.5) is 31.4 Å². The Hall–Kier alpha value is -4.11. The van der Waals surface area contributed by atoms with Crippen LogP contribution < -0.4 is 20.9 Å². The Morgan fingerprint density at radius 3 is 1.09 bits per heavy atom. The molecule has 0 aliphatic carbocycles. The van der Waals surface area contributed by atoms with E-state index in [0.717, 1.165) is 5.69 Å². The van der Waals surface area contributed by atoms with E-state index in [4.69, 9.17) is 54.0 Å². The molecule has 0 aliphatic heterocycles. The highest BCUT2D eigenvalue weighted by atomic mass is 32.2. The van der Waals surface area contributed by atoms with E-state index in [2.05, 4.69) is 26.2 Å². The molecule has 2 rings (SSSR count). The number of nitrogens with zero attached hydrogens (tertiary/aromatic N) is 3. The molecule has 3 N–H and O–H groups in total. The maximum absolute atomic E-state index is 13.1. The van der Waals surface area contributed by atoms with Crippen molar-refractivity contribution >= 4 is 71.6 Å². The minimum absolute atomic E-state index is 0.0170. The van der Waals surface area contributed by atoms with Gasteiger partial charge in [0.15, 0.2) is 9.84 Å². The number of hydrogen-bond donors (Lipinski definition) is 3. The van der Waals surface area contributed by atoms with Gasteiger partial charge < -0.3 is 74.9 Å². The summed E-state index contributed by atoms with van der Waals surface area (Å²) in [5.41, 5.74) is 1.75. The van der Waals surface area contributed by atoms with Crippen molar-refractivity contribution in [2.75, 3.05) is 123 Å². The summed E-state index contributed by atoms with van der Waals surface area (Å²) in [6, 6.07) is 15.1. The largest absolute Gasteiger partial charge is 0.500 e. The van der Waals surface area contributed by atoms with Crippen molar-refractivity contribution in [3.8, 4) is 0 Å². The van der Waals surface area contributed by atoms with Gasteiger partial charge in [-0.15, -0.1) is 0 Å². The van der Waals surface area contributed by atoms with Crippen molar-refractivity contribution in [1.29, 1.82) is 0 Å². The quantitative estimate of drug-likeness (QED) is 0.0241. The molecule has 79 heavy (non-hydrogen) atoms. The summed E-state index contributed by atoms with van der Waals surface area (Å²) >= 11 is 0. The van der Waals surface area contributed by atoms with Gasteiger partial charge in [0.2, 0.25) is 0 Å². The molecule has 23 nitrogen and oxygen atoms in total. The molecule has 27 heteroatoms. The number of unbranched alkanes of at least 4 members (excludes halogenated alkanes) is 3. The summed E-state index contributed by atoms with van der Waals surface area (Å²) in [6.45, 7) is 23.3. The van der Waals surface area contributed by atoms with Crippen LogP contribution in [0, 0.1) is 0 Å². The van der Waals surface area contributed by atoms with Crippen molar-refractivity contribution in [2.24, 2.45) is 10.2 Å². The number of anilines is 1. The fraction of sp³-hybridized carbons (Fsp3) is 0.712. The fourth-order valence-electron chi connectivity index (χ4n) is 8.11. The average molecular weight is 1190 g/mol. The van der Waals surface area contributed by atoms with Gasteiger partial charge in [0.05, 0.1) is 41.7 Å². The number of amides is 3. The van der Waals surface area contributed by atoms with Crippen molar-refractivity contribution in [2.45, 2.75) is 130 Å². The molecule has 0 saturated carbocycles. The van der Waals surface area contributed by atoms with Crippen molar-refractivity contribution in [1.82, 2.24) is 16.0 Å². The summed E-state index contributed by atoms with van der Waals surface area (Å²) in [6.07, 6.45) is 2.58. The molecule has 0 atom stereocenters. The predicted octanol–water partition coefficient (Wildman–Crippen LogP) is 9.74. The molecule has 0 radical (unpaired) electrons. The van der Waals surface area contributed by atoms with Crippen LogP contribution in [0.15, 0.2) is 63.7 Å². The van der Waals surface area contributed by atoms with Crippen LogP contribution >= 0.6 is 0 Å². The number of sulfone groups is 1. The Kier molecular flexibility index (Phi) is 37.6. The Bertz CT molecular complexity index is 1980. The third-order valence-electron chi connectivity index (χ3n) is 11.5. The molecule has 0 unspecified atom stereocenters. The van der Waals surface area contributed by atoms with E-state index in [1.807, 2.05) is 79.3 Å². The smallest absolute Gasteiger partial charge is 0.450 e. The van der Waals surface area contributed by atoms with Gasteiger partial charge in [0.25, 0.3) is 0 Å². The topological polar surface area (TPSA) is 260 Å². The van der Waals surface area contributed by atoms with E-state index in [0.29, 0.717) is 154 Å². The van der Waals surface area contributed by atoms with E-state index in [1.54, 1.807) is 24.3 Å². The zero-order chi connectivity index (χ0) is 58.1. The summed E-state index contributed by atoms with van der Waals surface area (Å²) < 4.78 is 95.7. The Morgan fingerprint density at radius 1 is 0.430 bits per heavy atom. The zero-order valence-corrected chi connectivity index (χ0v) is 52.4. The number of hydrogen-bond acceptors (Lipinski definition) is 20. The lowest BCUT2D eigenvalue weighted by molar-refractivity contribution is 0.0699. The van der Waals surface area contributed by atoms with Gasteiger partial charge in [-0.3, -0.25) is 0 Å². The maximum Gasteiger partial charge on any atom is 0.500 e. The zero-order valence-electron chi connectivity index (χ0n) is 48.6. The van der Waals surface area contributed by atoms with Gasteiger partial charge >= 0.3 is 44.7 Å². The second-order valence-electron chi connectivity index (χ2n) is 17.4. The van der Waals surface area contributed by atoms with Gasteiger partial charge in [-0.2, -0.15) is 10.2 Å². The molecule has 0 aromatic heterocycles. The molecule has 2 aromatic carbocycles. The highest BCUT2D eigenvalue weighted by molar-refractivity contribution is 7.91. The molecule has 0 saturated heterocycles. The van der Waals surface area contributed by atoms with Crippen LogP contribution in [0.2, 0.25) is 18.1 Å². The number of nitrogens with one attached hydrogen (secondary N) is 3. The first-order valence-electron chi connectivity index (χ1n) is 28.2. The first-order valence-corrected chi connectivity index (χ1v) is 35.7. The van der Waals surface area contributed by atoms with Gasteiger partial charge in [0.1, 0.15) is 13.2 Å². The van der Waals surface area contributed by atoms with Crippen molar-refractivity contribution < 1.29 is 76.8 Å². The number of benzene rings is 2. The standard InChI is InChI=1S/C52H94N6O17SSi3/c1-10-67-77(68-11-2,69-12-3)43-23-34-53-50(59)64-39-21-19-20-22-42-76(62,63)49-32-28-47(29-33-49)57-56-46-26-30-48(31-27-46)58(37-40-65-51(60)54-35-24-44-78(70-13-4,71-14-5)72-15-6)38-41-66-52(61)55-36-25-45-79(73-16-7,74-17-8)75-18-9/h26-33H,10-25,34-45H2,1-9H3,(H,53,59)(H,54,60)(H,55,61). The molecule has 0 heterocycles. The molecular weight excluding hydrogens is 1100 g/mol. The third kappa shape index (κ3) is 29.4. The predicted molar refractivity (Wildman–Crippen MR) is 308 cm³/mol. The van der Waals surface area contributed by atoms with Crippen molar-refractivity contribution in [3.05, 3.63) is 48.5 Å². The van der Waals surface area contributed by atoms with E-state index in [-0.39, 0.29) is 43.6 Å². The van der Waals surface area contributed by atoms with Gasteiger partial charge in [-0.25, -0.2) is 22.8 Å². The Labute approximate surface area is 474 Å². The molecule has 0 spiro atoms. The molecule has 0 aliphatic rings. The van der Waals surface area contributed by atoms with Gasteiger partial charge in [0, 0.05) is 103 Å². The Morgan fingerprint density at radius 2 is 0.747 bits per heavy atom. The maximum atomic E-state index is 13.1. The van der Waals surface area contributed by atoms with Crippen LogP contribution in [-0.2, 0) is 63.9 Å². The molecule has 2 aromatic rings. The number of ether oxygens (including phenoxy) is 3. The third-order valence-corrected chi connectivity index (χ3v) is 22.8. The first-order chi connectivity index (χ1) is 38.2. The molecular formula is C52H94N6O17SSi3. The van der Waals surface area contributed by atoms with Crippen LogP contribution in [0.5, 0.6) is 0 Å². The van der Waals surface area contributed by atoms with Crippen LogP contribution in [0.25, 0.3) is 0 Å². The van der Waals surface area contributed by atoms with Crippen LogP contribution in [0.3, 0.4) is 0 Å². The number of carbonyl (C=O) groups excluding carboxylic acids is 3. The number of alkyl carbamates (subject to hydrolysis) is 3.